The lowest BCUT2D eigenvalue weighted by atomic mass is 10.0. The van der Waals surface area contributed by atoms with Crippen LogP contribution in [-0.2, 0) is 30.4 Å². The second kappa shape index (κ2) is 13.2. The Bertz CT molecular complexity index is 918. The monoisotopic (exact) mass is 496 g/mol. The minimum Gasteiger partial charge on any atom is -0.508 e. The molecule has 0 aliphatic heterocycles. The third kappa shape index (κ3) is 9.59. The van der Waals surface area contributed by atoms with E-state index >= 15 is 0 Å². The Morgan fingerprint density at radius 3 is 1.83 bits per heavy atom. The number of aliphatic hydroxyl groups excluding tert-OH is 1. The fourth-order valence-corrected chi connectivity index (χ4v) is 3.06. The fraction of sp³-hybridized carbons (Fsp3) is 0.500. The first-order valence-electron chi connectivity index (χ1n) is 10.8. The molecule has 0 saturated heterocycles. The van der Waals surface area contributed by atoms with E-state index in [1.54, 1.807) is 26.0 Å². The summed E-state index contributed by atoms with van der Waals surface area (Å²) in [5.41, 5.74) is 6.55. The summed E-state index contributed by atoms with van der Waals surface area (Å²) in [6.45, 7) is 4.36. The van der Waals surface area contributed by atoms with Gasteiger partial charge >= 0.3 is 11.9 Å². The van der Waals surface area contributed by atoms with E-state index in [2.05, 4.69) is 16.0 Å². The van der Waals surface area contributed by atoms with Crippen molar-refractivity contribution in [2.45, 2.75) is 63.9 Å². The van der Waals surface area contributed by atoms with Crippen molar-refractivity contribution in [1.82, 2.24) is 16.0 Å². The summed E-state index contributed by atoms with van der Waals surface area (Å²) in [6, 6.07) is 0.402. The largest absolute Gasteiger partial charge is 0.508 e. The number of aromatic hydroxyl groups is 1. The second-order valence-corrected chi connectivity index (χ2v) is 8.43. The molecule has 0 spiro atoms. The molecule has 0 aliphatic rings. The molecule has 0 bridgehead atoms. The van der Waals surface area contributed by atoms with Crippen molar-refractivity contribution in [3.8, 4) is 5.75 Å². The zero-order valence-electron chi connectivity index (χ0n) is 19.6. The molecule has 1 aromatic carbocycles. The van der Waals surface area contributed by atoms with Gasteiger partial charge in [0.15, 0.2) is 0 Å². The number of aliphatic carboxylic acids is 2. The second-order valence-electron chi connectivity index (χ2n) is 8.43. The summed E-state index contributed by atoms with van der Waals surface area (Å²) in [7, 11) is 0. The minimum atomic E-state index is -1.72. The van der Waals surface area contributed by atoms with Crippen LogP contribution < -0.4 is 21.7 Å². The normalized spacial score (nSPS) is 15.3. The summed E-state index contributed by atoms with van der Waals surface area (Å²) >= 11 is 0. The lowest BCUT2D eigenvalue weighted by Gasteiger charge is -2.28. The summed E-state index contributed by atoms with van der Waals surface area (Å²) < 4.78 is 0. The highest BCUT2D eigenvalue weighted by molar-refractivity contribution is 5.95. The third-order valence-corrected chi connectivity index (χ3v) is 5.03. The summed E-state index contributed by atoms with van der Waals surface area (Å²) in [6.07, 6.45) is -2.17. The van der Waals surface area contributed by atoms with Crippen LogP contribution in [0.15, 0.2) is 24.3 Å². The predicted molar refractivity (Wildman–Crippen MR) is 122 cm³/mol. The molecule has 5 atom stereocenters. The van der Waals surface area contributed by atoms with Crippen molar-refractivity contribution in [3.05, 3.63) is 29.8 Å². The summed E-state index contributed by atoms with van der Waals surface area (Å²) in [4.78, 5) is 60.0. The maximum absolute atomic E-state index is 12.8. The zero-order chi connectivity index (χ0) is 26.9. The lowest BCUT2D eigenvalue weighted by Crippen LogP contribution is -2.61. The van der Waals surface area contributed by atoms with Gasteiger partial charge in [-0.15, -0.1) is 0 Å². The standard InChI is InChI=1S/C22H32N4O9/c1-10(2)17(20(32)24-15(22(34)35)9-16(29)30)25-21(33)18(11(3)27)26-19(31)14(23)8-12-4-6-13(28)7-5-12/h4-7,10-11,14-15,17-18,27-28H,8-9,23H2,1-3H3,(H,24,32)(H,25,33)(H,26,31)(H,29,30)(H,34,35). The van der Waals surface area contributed by atoms with Crippen LogP contribution in [0.3, 0.4) is 0 Å². The van der Waals surface area contributed by atoms with Gasteiger partial charge in [-0.1, -0.05) is 26.0 Å². The smallest absolute Gasteiger partial charge is 0.326 e. The lowest BCUT2D eigenvalue weighted by molar-refractivity contribution is -0.147. The van der Waals surface area contributed by atoms with E-state index in [9.17, 15) is 34.2 Å². The first kappa shape index (κ1) is 29.3. The van der Waals surface area contributed by atoms with Crippen LogP contribution in [0.4, 0.5) is 0 Å². The number of aliphatic hydroxyl groups is 1. The van der Waals surface area contributed by atoms with Gasteiger partial charge in [0, 0.05) is 0 Å². The van der Waals surface area contributed by atoms with Crippen molar-refractivity contribution >= 4 is 29.7 Å². The fourth-order valence-electron chi connectivity index (χ4n) is 3.06. The van der Waals surface area contributed by atoms with Crippen LogP contribution in [0.1, 0.15) is 32.8 Å². The van der Waals surface area contributed by atoms with E-state index in [0.717, 1.165) is 0 Å². The molecule has 194 valence electrons. The Morgan fingerprint density at radius 2 is 1.37 bits per heavy atom. The summed E-state index contributed by atoms with van der Waals surface area (Å²) in [5.74, 6) is -6.14. The molecule has 0 aliphatic carbocycles. The van der Waals surface area contributed by atoms with E-state index in [0.29, 0.717) is 5.56 Å². The van der Waals surface area contributed by atoms with Crippen molar-refractivity contribution in [2.75, 3.05) is 0 Å². The molecule has 0 radical (unpaired) electrons. The van der Waals surface area contributed by atoms with Gasteiger partial charge in [0.1, 0.15) is 23.9 Å². The number of carboxylic acid groups (broad SMARTS) is 2. The summed E-state index contributed by atoms with van der Waals surface area (Å²) in [5, 5.41) is 44.1. The third-order valence-electron chi connectivity index (χ3n) is 5.03. The molecule has 1 aromatic rings. The predicted octanol–water partition coefficient (Wildman–Crippen LogP) is -1.69. The number of phenolic OH excluding ortho intramolecular Hbond substituents is 1. The van der Waals surface area contributed by atoms with Crippen molar-refractivity contribution in [1.29, 1.82) is 0 Å². The topological polar surface area (TPSA) is 228 Å². The van der Waals surface area contributed by atoms with Gasteiger partial charge in [0.05, 0.1) is 18.6 Å². The van der Waals surface area contributed by atoms with Gasteiger partial charge < -0.3 is 42.1 Å². The van der Waals surface area contributed by atoms with Gasteiger partial charge in [-0.2, -0.15) is 0 Å². The van der Waals surface area contributed by atoms with Crippen molar-refractivity contribution in [2.24, 2.45) is 11.7 Å². The number of nitrogens with two attached hydrogens (primary N) is 1. The molecule has 0 aromatic heterocycles. The molecule has 0 saturated carbocycles. The number of amides is 3. The van der Waals surface area contributed by atoms with E-state index in [1.807, 2.05) is 0 Å². The molecule has 13 nitrogen and oxygen atoms in total. The number of hydrogen-bond acceptors (Lipinski definition) is 8. The average molecular weight is 497 g/mol. The van der Waals surface area contributed by atoms with Crippen LogP contribution in [0.2, 0.25) is 0 Å². The Labute approximate surface area is 201 Å². The van der Waals surface area contributed by atoms with Crippen molar-refractivity contribution in [3.63, 3.8) is 0 Å². The number of carbonyl (C=O) groups excluding carboxylic acids is 3. The number of phenols is 1. The number of nitrogens with one attached hydrogen (secondary N) is 3. The molecule has 3 amide bonds. The molecule has 5 unspecified atom stereocenters. The van der Waals surface area contributed by atoms with Crippen LogP contribution in [0.25, 0.3) is 0 Å². The van der Waals surface area contributed by atoms with Crippen LogP contribution >= 0.6 is 0 Å². The quantitative estimate of drug-likeness (QED) is 0.154. The average Bonchev–Trinajstić information content (AvgIpc) is 2.75. The Hall–Kier alpha value is -3.71. The van der Waals surface area contributed by atoms with Crippen molar-refractivity contribution < 1.29 is 44.4 Å². The Morgan fingerprint density at radius 1 is 0.857 bits per heavy atom. The van der Waals surface area contributed by atoms with E-state index < -0.39 is 72.3 Å². The zero-order valence-corrected chi connectivity index (χ0v) is 19.6. The molecule has 0 fully saturated rings. The van der Waals surface area contributed by atoms with Gasteiger partial charge in [-0.3, -0.25) is 19.2 Å². The van der Waals surface area contributed by atoms with Crippen LogP contribution in [-0.4, -0.2) is 80.4 Å². The highest BCUT2D eigenvalue weighted by atomic mass is 16.4. The molecule has 35 heavy (non-hydrogen) atoms. The first-order chi connectivity index (χ1) is 16.2. The van der Waals surface area contributed by atoms with Crippen LogP contribution in [0.5, 0.6) is 5.75 Å². The number of carbonyl (C=O) groups is 5. The van der Waals surface area contributed by atoms with E-state index in [4.69, 9.17) is 15.9 Å². The maximum atomic E-state index is 12.8. The first-order valence-corrected chi connectivity index (χ1v) is 10.8. The minimum absolute atomic E-state index is 0.0407. The van der Waals surface area contributed by atoms with Gasteiger partial charge in [-0.05, 0) is 37.0 Å². The molecule has 9 N–H and O–H groups in total. The molecule has 13 heteroatoms. The highest BCUT2D eigenvalue weighted by Crippen LogP contribution is 2.11. The van der Waals surface area contributed by atoms with Gasteiger partial charge in [0.25, 0.3) is 0 Å². The Kier molecular flexibility index (Phi) is 11.1. The van der Waals surface area contributed by atoms with E-state index in [1.165, 1.54) is 19.1 Å². The highest BCUT2D eigenvalue weighted by Gasteiger charge is 2.34. The molecule has 0 heterocycles. The van der Waals surface area contributed by atoms with Gasteiger partial charge in [0.2, 0.25) is 17.7 Å². The molecular weight excluding hydrogens is 464 g/mol. The van der Waals surface area contributed by atoms with E-state index in [-0.39, 0.29) is 12.2 Å². The Balaban J connectivity index is 2.89. The SMILES string of the molecule is CC(C)C(NC(=O)C(NC(=O)C(N)Cc1ccc(O)cc1)C(C)O)C(=O)NC(CC(=O)O)C(=O)O. The number of hydrogen-bond donors (Lipinski definition) is 8. The molecule has 1 rings (SSSR count). The number of rotatable bonds is 13. The maximum Gasteiger partial charge on any atom is 0.326 e. The van der Waals surface area contributed by atoms with Crippen LogP contribution in [0, 0.1) is 5.92 Å². The number of benzene rings is 1. The van der Waals surface area contributed by atoms with Gasteiger partial charge in [-0.25, -0.2) is 4.79 Å². The number of carboxylic acids is 2. The molecular formula is C22H32N4O9.